The molecule has 0 bridgehead atoms. The van der Waals surface area contributed by atoms with Gasteiger partial charge in [0.2, 0.25) is 5.91 Å². The van der Waals surface area contributed by atoms with E-state index in [-0.39, 0.29) is 11.2 Å². The number of carbonyl (C=O) groups is 1. The lowest BCUT2D eigenvalue weighted by atomic mass is 10.3. The molecule has 2 heterocycles. The fourth-order valence-corrected chi connectivity index (χ4v) is 4.16. The number of amides is 1. The summed E-state index contributed by atoms with van der Waals surface area (Å²) in [5.74, 6) is 0.169. The van der Waals surface area contributed by atoms with E-state index in [1.807, 2.05) is 42.2 Å². The first-order chi connectivity index (χ1) is 11.6. The Morgan fingerprint density at radius 2 is 2.04 bits per heavy atom. The van der Waals surface area contributed by atoms with Crippen LogP contribution in [0.2, 0.25) is 0 Å². The van der Waals surface area contributed by atoms with Gasteiger partial charge in [0.15, 0.2) is 5.16 Å². The van der Waals surface area contributed by atoms with Crippen LogP contribution in [0.1, 0.15) is 17.8 Å². The van der Waals surface area contributed by atoms with Crippen molar-refractivity contribution in [2.75, 3.05) is 25.2 Å². The summed E-state index contributed by atoms with van der Waals surface area (Å²) in [7, 11) is 1.70. The van der Waals surface area contributed by atoms with Crippen LogP contribution in [0.5, 0.6) is 0 Å². The van der Waals surface area contributed by atoms with Crippen LogP contribution in [0.3, 0.4) is 0 Å². The second-order valence-electron chi connectivity index (χ2n) is 5.93. The minimum absolute atomic E-state index is 0.0762. The number of rotatable bonds is 6. The van der Waals surface area contributed by atoms with Crippen molar-refractivity contribution in [2.24, 2.45) is 0 Å². The highest BCUT2D eigenvalue weighted by Crippen LogP contribution is 2.33. The number of nitrogens with zero attached hydrogens (tertiary/aromatic N) is 3. The SMILES string of the molecule is COCCn1c(S[C@@H]2CCN(c3ccccc3)C2=O)nc(C)c1C. The van der Waals surface area contributed by atoms with Crippen molar-refractivity contribution < 1.29 is 9.53 Å². The highest BCUT2D eigenvalue weighted by atomic mass is 32.2. The third-order valence-electron chi connectivity index (χ3n) is 4.41. The molecule has 1 aromatic heterocycles. The molecule has 0 saturated carbocycles. The number of aryl methyl sites for hydroxylation is 1. The van der Waals surface area contributed by atoms with E-state index in [9.17, 15) is 4.79 Å². The molecule has 0 aliphatic carbocycles. The summed E-state index contributed by atoms with van der Waals surface area (Å²) in [5.41, 5.74) is 3.12. The lowest BCUT2D eigenvalue weighted by Crippen LogP contribution is -2.28. The number of anilines is 1. The zero-order valence-corrected chi connectivity index (χ0v) is 15.2. The number of ether oxygens (including phenoxy) is 1. The van der Waals surface area contributed by atoms with Gasteiger partial charge in [0, 0.05) is 31.6 Å². The van der Waals surface area contributed by atoms with E-state index in [0.717, 1.165) is 41.7 Å². The molecule has 0 spiro atoms. The van der Waals surface area contributed by atoms with Gasteiger partial charge in [0.05, 0.1) is 17.6 Å². The minimum Gasteiger partial charge on any atom is -0.383 e. The molecule has 1 aromatic carbocycles. The number of benzene rings is 1. The molecule has 0 unspecified atom stereocenters. The van der Waals surface area contributed by atoms with Gasteiger partial charge in [0.1, 0.15) is 0 Å². The number of para-hydroxylation sites is 1. The molecule has 1 aliphatic heterocycles. The van der Waals surface area contributed by atoms with Gasteiger partial charge >= 0.3 is 0 Å². The summed E-state index contributed by atoms with van der Waals surface area (Å²) in [6.45, 7) is 6.23. The van der Waals surface area contributed by atoms with E-state index in [2.05, 4.69) is 16.5 Å². The third kappa shape index (κ3) is 3.35. The van der Waals surface area contributed by atoms with Crippen molar-refractivity contribution in [3.05, 3.63) is 41.7 Å². The largest absolute Gasteiger partial charge is 0.383 e. The molecule has 1 saturated heterocycles. The molecule has 2 aromatic rings. The molecule has 1 atom stereocenters. The highest BCUT2D eigenvalue weighted by molar-refractivity contribution is 8.00. The molecule has 24 heavy (non-hydrogen) atoms. The second kappa shape index (κ2) is 7.40. The molecular weight excluding hydrogens is 322 g/mol. The van der Waals surface area contributed by atoms with E-state index >= 15 is 0 Å². The lowest BCUT2D eigenvalue weighted by molar-refractivity contribution is -0.116. The maximum absolute atomic E-state index is 12.8. The maximum Gasteiger partial charge on any atom is 0.240 e. The molecule has 1 aliphatic rings. The second-order valence-corrected chi connectivity index (χ2v) is 7.10. The van der Waals surface area contributed by atoms with Crippen LogP contribution in [0, 0.1) is 13.8 Å². The first-order valence-corrected chi connectivity index (χ1v) is 9.05. The number of hydrogen-bond donors (Lipinski definition) is 0. The first-order valence-electron chi connectivity index (χ1n) is 8.17. The van der Waals surface area contributed by atoms with Crippen LogP contribution < -0.4 is 4.90 Å². The monoisotopic (exact) mass is 345 g/mol. The van der Waals surface area contributed by atoms with Gasteiger partial charge in [-0.25, -0.2) is 4.98 Å². The number of thioether (sulfide) groups is 1. The van der Waals surface area contributed by atoms with E-state index < -0.39 is 0 Å². The summed E-state index contributed by atoms with van der Waals surface area (Å²) in [6.07, 6.45) is 0.841. The number of imidazole rings is 1. The summed E-state index contributed by atoms with van der Waals surface area (Å²) in [4.78, 5) is 19.3. The molecule has 1 fully saturated rings. The molecule has 6 heteroatoms. The topological polar surface area (TPSA) is 47.4 Å². The number of carbonyl (C=O) groups excluding carboxylic acids is 1. The average molecular weight is 345 g/mol. The summed E-state index contributed by atoms with van der Waals surface area (Å²) >= 11 is 1.57. The van der Waals surface area contributed by atoms with Gasteiger partial charge in [-0.3, -0.25) is 4.79 Å². The molecule has 1 amide bonds. The van der Waals surface area contributed by atoms with E-state index in [1.54, 1.807) is 18.9 Å². The van der Waals surface area contributed by atoms with Gasteiger partial charge in [-0.1, -0.05) is 30.0 Å². The molecule has 3 rings (SSSR count). The summed E-state index contributed by atoms with van der Waals surface area (Å²) < 4.78 is 7.35. The number of methoxy groups -OCH3 is 1. The first kappa shape index (κ1) is 17.0. The van der Waals surface area contributed by atoms with E-state index in [4.69, 9.17) is 4.74 Å². The Kier molecular flexibility index (Phi) is 5.26. The van der Waals surface area contributed by atoms with Crippen molar-refractivity contribution in [1.29, 1.82) is 0 Å². The van der Waals surface area contributed by atoms with Gasteiger partial charge < -0.3 is 14.2 Å². The maximum atomic E-state index is 12.8. The van der Waals surface area contributed by atoms with Crippen LogP contribution in [-0.2, 0) is 16.1 Å². The molecular formula is C18H23N3O2S. The lowest BCUT2D eigenvalue weighted by Gasteiger charge is -2.16. The molecule has 0 radical (unpaired) electrons. The van der Waals surface area contributed by atoms with Gasteiger partial charge in [-0.05, 0) is 32.4 Å². The van der Waals surface area contributed by atoms with Crippen LogP contribution in [-0.4, -0.2) is 41.0 Å². The summed E-state index contributed by atoms with van der Waals surface area (Å²) in [6, 6.07) is 9.87. The van der Waals surface area contributed by atoms with Crippen molar-refractivity contribution >= 4 is 23.4 Å². The van der Waals surface area contributed by atoms with Crippen LogP contribution in [0.4, 0.5) is 5.69 Å². The van der Waals surface area contributed by atoms with Crippen molar-refractivity contribution in [3.8, 4) is 0 Å². The fourth-order valence-electron chi connectivity index (χ4n) is 2.91. The highest BCUT2D eigenvalue weighted by Gasteiger charge is 2.34. The molecule has 5 nitrogen and oxygen atoms in total. The van der Waals surface area contributed by atoms with Crippen molar-refractivity contribution in [3.63, 3.8) is 0 Å². The zero-order valence-electron chi connectivity index (χ0n) is 14.4. The van der Waals surface area contributed by atoms with Gasteiger partial charge in [0.25, 0.3) is 0 Å². The van der Waals surface area contributed by atoms with Crippen molar-refractivity contribution in [1.82, 2.24) is 9.55 Å². The fraction of sp³-hybridized carbons (Fsp3) is 0.444. The Morgan fingerprint density at radius 1 is 1.29 bits per heavy atom. The van der Waals surface area contributed by atoms with Gasteiger partial charge in [-0.15, -0.1) is 0 Å². The third-order valence-corrected chi connectivity index (χ3v) is 5.66. The normalized spacial score (nSPS) is 17.7. The van der Waals surface area contributed by atoms with Crippen molar-refractivity contribution in [2.45, 2.75) is 37.2 Å². The molecule has 128 valence electrons. The van der Waals surface area contributed by atoms with Crippen LogP contribution in [0.25, 0.3) is 0 Å². The molecule has 0 N–H and O–H groups in total. The Labute approximate surface area is 147 Å². The van der Waals surface area contributed by atoms with E-state index in [1.165, 1.54) is 0 Å². The predicted molar refractivity (Wildman–Crippen MR) is 96.6 cm³/mol. The zero-order chi connectivity index (χ0) is 17.1. The van der Waals surface area contributed by atoms with Crippen LogP contribution in [0.15, 0.2) is 35.5 Å². The Hall–Kier alpha value is -1.79. The number of aromatic nitrogens is 2. The quantitative estimate of drug-likeness (QED) is 0.807. The van der Waals surface area contributed by atoms with Gasteiger partial charge in [-0.2, -0.15) is 0 Å². The van der Waals surface area contributed by atoms with E-state index in [0.29, 0.717) is 6.61 Å². The Balaban J connectivity index is 1.75. The number of hydrogen-bond acceptors (Lipinski definition) is 4. The predicted octanol–water partition coefficient (Wildman–Crippen LogP) is 3.04. The minimum atomic E-state index is -0.0762. The Morgan fingerprint density at radius 3 is 2.75 bits per heavy atom. The standard InChI is InChI=1S/C18H23N3O2S/c1-13-14(2)20(11-12-23-3)18(19-13)24-16-9-10-21(17(16)22)15-7-5-4-6-8-15/h4-8,16H,9-12H2,1-3H3/t16-/m1/s1. The average Bonchev–Trinajstić information content (AvgIpc) is 3.08. The van der Waals surface area contributed by atoms with Crippen LogP contribution >= 0.6 is 11.8 Å². The Bertz CT molecular complexity index is 715. The smallest absolute Gasteiger partial charge is 0.240 e. The summed E-state index contributed by atoms with van der Waals surface area (Å²) in [5, 5.41) is 0.836.